The van der Waals surface area contributed by atoms with E-state index in [9.17, 15) is 0 Å². The number of rotatable bonds is 0. The molecule has 1 heteroatoms. The summed E-state index contributed by atoms with van der Waals surface area (Å²) in [5.74, 6) is 0. The molecule has 0 saturated heterocycles. The van der Waals surface area contributed by atoms with E-state index in [1.165, 1.54) is 0 Å². The SMILES string of the molecule is CC(C)(C)[PH](C)(C(C)(C)C)C(C)(C)C. The van der Waals surface area contributed by atoms with Crippen LogP contribution in [0.5, 0.6) is 0 Å². The van der Waals surface area contributed by atoms with Crippen LogP contribution in [0.1, 0.15) is 62.3 Å². The first-order chi connectivity index (χ1) is 5.75. The van der Waals surface area contributed by atoms with Crippen LogP contribution in [0.4, 0.5) is 0 Å². The van der Waals surface area contributed by atoms with Crippen molar-refractivity contribution < 1.29 is 0 Å². The zero-order valence-corrected chi connectivity index (χ0v) is 13.0. The summed E-state index contributed by atoms with van der Waals surface area (Å²) < 4.78 is 0. The maximum atomic E-state index is 2.58. The molecule has 0 aliphatic carbocycles. The Bertz CT molecular complexity index is 159. The van der Waals surface area contributed by atoms with Crippen LogP contribution in [-0.2, 0) is 0 Å². The predicted octanol–water partition coefficient (Wildman–Crippen LogP) is 4.76. The molecule has 0 rings (SSSR count). The van der Waals surface area contributed by atoms with Crippen LogP contribution >= 0.6 is 7.26 Å². The molecule has 0 saturated carbocycles. The van der Waals surface area contributed by atoms with E-state index in [0.717, 1.165) is 0 Å². The molecular formula is C13H31P. The van der Waals surface area contributed by atoms with Gasteiger partial charge in [-0.2, -0.15) is 0 Å². The molecule has 0 radical (unpaired) electrons. The fourth-order valence-electron chi connectivity index (χ4n) is 3.38. The average molecular weight is 218 g/mol. The van der Waals surface area contributed by atoms with Gasteiger partial charge in [0.05, 0.1) is 0 Å². The molecule has 0 fully saturated rings. The Kier molecular flexibility index (Phi) is 3.58. The van der Waals surface area contributed by atoms with Crippen molar-refractivity contribution in [2.75, 3.05) is 6.66 Å². The third-order valence-corrected chi connectivity index (χ3v) is 13.5. The Balaban J connectivity index is 5.54. The molecule has 0 aliphatic rings. The minimum atomic E-state index is -1.35. The zero-order valence-electron chi connectivity index (χ0n) is 12.0. The second-order valence-electron chi connectivity index (χ2n) is 7.88. The van der Waals surface area contributed by atoms with E-state index < -0.39 is 7.26 Å². The standard InChI is InChI=1S/C13H31P/c1-11(2,3)14(10,12(4,5)6)13(7,8)9/h14H,1-10H3. The van der Waals surface area contributed by atoms with Crippen LogP contribution < -0.4 is 0 Å². The van der Waals surface area contributed by atoms with Crippen LogP contribution in [-0.4, -0.2) is 22.1 Å². The number of hydrogen-bond donors (Lipinski definition) is 0. The molecule has 14 heavy (non-hydrogen) atoms. The Morgan fingerprint density at radius 3 is 0.643 bits per heavy atom. The topological polar surface area (TPSA) is 0 Å². The van der Waals surface area contributed by atoms with Gasteiger partial charge in [0.25, 0.3) is 0 Å². The molecule has 88 valence electrons. The molecule has 0 spiro atoms. The number of hydrogen-bond acceptors (Lipinski definition) is 0. The quantitative estimate of drug-likeness (QED) is 0.514. The van der Waals surface area contributed by atoms with Gasteiger partial charge in [-0.25, -0.2) is 0 Å². The van der Waals surface area contributed by atoms with Gasteiger partial charge in [-0.15, -0.1) is 0 Å². The van der Waals surface area contributed by atoms with Gasteiger partial charge in [-0.3, -0.25) is 0 Å². The van der Waals surface area contributed by atoms with E-state index in [1.54, 1.807) is 0 Å². The van der Waals surface area contributed by atoms with Crippen molar-refractivity contribution in [1.82, 2.24) is 0 Å². The normalized spacial score (nSPS) is 17.0. The molecule has 0 aromatic heterocycles. The summed E-state index contributed by atoms with van der Waals surface area (Å²) >= 11 is 0. The van der Waals surface area contributed by atoms with Crippen molar-refractivity contribution in [1.29, 1.82) is 0 Å². The third-order valence-electron chi connectivity index (χ3n) is 4.50. The fraction of sp³-hybridized carbons (Fsp3) is 1.00. The summed E-state index contributed by atoms with van der Waals surface area (Å²) in [7, 11) is -1.35. The Morgan fingerprint density at radius 1 is 0.500 bits per heavy atom. The van der Waals surface area contributed by atoms with Gasteiger partial charge in [0.2, 0.25) is 0 Å². The van der Waals surface area contributed by atoms with Crippen LogP contribution in [0.2, 0.25) is 0 Å². The summed E-state index contributed by atoms with van der Waals surface area (Å²) in [6, 6.07) is 0. The minimum absolute atomic E-state index is 0.462. The summed E-state index contributed by atoms with van der Waals surface area (Å²) in [5.41, 5.74) is 0. The van der Waals surface area contributed by atoms with Crippen molar-refractivity contribution in [2.24, 2.45) is 0 Å². The average Bonchev–Trinajstić information content (AvgIpc) is 1.77. The Labute approximate surface area is 92.2 Å². The predicted molar refractivity (Wildman–Crippen MR) is 73.5 cm³/mol. The van der Waals surface area contributed by atoms with Crippen LogP contribution in [0.15, 0.2) is 0 Å². The fourth-order valence-corrected chi connectivity index (χ4v) is 10.1. The van der Waals surface area contributed by atoms with Gasteiger partial charge in [-0.05, 0) is 0 Å². The maximum absolute atomic E-state index is 2.58. The van der Waals surface area contributed by atoms with Gasteiger partial charge >= 0.3 is 91.7 Å². The molecule has 0 bridgehead atoms. The van der Waals surface area contributed by atoms with Crippen molar-refractivity contribution in [3.05, 3.63) is 0 Å². The molecule has 0 atom stereocenters. The molecule has 0 heterocycles. The van der Waals surface area contributed by atoms with Crippen molar-refractivity contribution in [2.45, 2.75) is 77.8 Å². The summed E-state index contributed by atoms with van der Waals surface area (Å²) in [6.45, 7) is 24.4. The molecule has 0 aromatic carbocycles. The first kappa shape index (κ1) is 14.4. The van der Waals surface area contributed by atoms with Crippen LogP contribution in [0.3, 0.4) is 0 Å². The first-order valence-corrected chi connectivity index (χ1v) is 8.25. The van der Waals surface area contributed by atoms with E-state index in [1.807, 2.05) is 0 Å². The van der Waals surface area contributed by atoms with Crippen LogP contribution in [0, 0.1) is 0 Å². The molecule has 0 nitrogen and oxygen atoms in total. The summed E-state index contributed by atoms with van der Waals surface area (Å²) in [4.78, 5) is 0. The van der Waals surface area contributed by atoms with E-state index in [4.69, 9.17) is 0 Å². The van der Waals surface area contributed by atoms with Crippen molar-refractivity contribution >= 4 is 7.26 Å². The molecule has 0 N–H and O–H groups in total. The Hall–Kier alpha value is 0.430. The zero-order chi connectivity index (χ0) is 12.0. The Morgan fingerprint density at radius 2 is 0.643 bits per heavy atom. The van der Waals surface area contributed by atoms with Crippen molar-refractivity contribution in [3.8, 4) is 0 Å². The van der Waals surface area contributed by atoms with E-state index in [0.29, 0.717) is 15.5 Å². The van der Waals surface area contributed by atoms with E-state index in [-0.39, 0.29) is 0 Å². The molecule has 0 unspecified atom stereocenters. The first-order valence-electron chi connectivity index (χ1n) is 5.75. The van der Waals surface area contributed by atoms with E-state index in [2.05, 4.69) is 69.0 Å². The van der Waals surface area contributed by atoms with Gasteiger partial charge in [0, 0.05) is 0 Å². The second-order valence-corrected chi connectivity index (χ2v) is 14.6. The van der Waals surface area contributed by atoms with E-state index >= 15 is 0 Å². The third kappa shape index (κ3) is 2.16. The summed E-state index contributed by atoms with van der Waals surface area (Å²) in [5, 5.41) is 1.39. The van der Waals surface area contributed by atoms with Gasteiger partial charge in [-0.1, -0.05) is 0 Å². The molecule has 0 aromatic rings. The van der Waals surface area contributed by atoms with Gasteiger partial charge < -0.3 is 0 Å². The molecular weight excluding hydrogens is 187 g/mol. The van der Waals surface area contributed by atoms with Crippen LogP contribution in [0.25, 0.3) is 0 Å². The summed E-state index contributed by atoms with van der Waals surface area (Å²) in [6.07, 6.45) is 0. The van der Waals surface area contributed by atoms with Gasteiger partial charge in [0.1, 0.15) is 0 Å². The van der Waals surface area contributed by atoms with Gasteiger partial charge in [0.15, 0.2) is 0 Å². The van der Waals surface area contributed by atoms with Crippen molar-refractivity contribution in [3.63, 3.8) is 0 Å². The monoisotopic (exact) mass is 218 g/mol. The molecule has 0 aliphatic heterocycles. The second kappa shape index (κ2) is 3.48. The molecule has 0 amide bonds.